The average molecular weight is 133 g/mol. The second-order valence-electron chi connectivity index (χ2n) is 2.45. The lowest BCUT2D eigenvalue weighted by molar-refractivity contribution is 0.644. The van der Waals surface area contributed by atoms with Crippen LogP contribution in [0, 0.1) is 0 Å². The van der Waals surface area contributed by atoms with Crippen LogP contribution in [0.1, 0.15) is 6.42 Å². The minimum atomic E-state index is 0.311. The first-order valence-electron chi connectivity index (χ1n) is 3.50. The van der Waals surface area contributed by atoms with Gasteiger partial charge in [-0.1, -0.05) is 18.2 Å². The highest BCUT2D eigenvalue weighted by Gasteiger charge is 2.14. The minimum absolute atomic E-state index is 0.311. The van der Waals surface area contributed by atoms with E-state index in [4.69, 9.17) is 0 Å². The molecule has 10 heavy (non-hydrogen) atoms. The SMILES string of the molecule is C1=CC2[N]CN=CC2=CC1. The third-order valence-electron chi connectivity index (χ3n) is 1.75. The number of nitrogens with zero attached hydrogens (tertiary/aromatic N) is 2. The fourth-order valence-electron chi connectivity index (χ4n) is 1.22. The van der Waals surface area contributed by atoms with E-state index in [-0.39, 0.29) is 0 Å². The molecule has 1 atom stereocenters. The lowest BCUT2D eigenvalue weighted by atomic mass is 10.0. The Labute approximate surface area is 60.3 Å². The van der Waals surface area contributed by atoms with Crippen molar-refractivity contribution in [1.29, 1.82) is 0 Å². The summed E-state index contributed by atoms with van der Waals surface area (Å²) in [6.07, 6.45) is 9.43. The summed E-state index contributed by atoms with van der Waals surface area (Å²) in [5.41, 5.74) is 1.26. The summed E-state index contributed by atoms with van der Waals surface area (Å²) in [6.45, 7) is 0.631. The van der Waals surface area contributed by atoms with Crippen LogP contribution in [0.4, 0.5) is 0 Å². The standard InChI is InChI=1S/C8H9N2/c1-2-4-8-7(3-1)5-9-6-10-8/h2-5,8H,1,6H2. The normalized spacial score (nSPS) is 29.6. The second-order valence-corrected chi connectivity index (χ2v) is 2.45. The molecule has 0 aromatic carbocycles. The molecule has 0 aromatic rings. The zero-order valence-corrected chi connectivity index (χ0v) is 5.70. The molecule has 0 fully saturated rings. The summed E-state index contributed by atoms with van der Waals surface area (Å²) < 4.78 is 0. The lowest BCUT2D eigenvalue weighted by Crippen LogP contribution is -2.28. The van der Waals surface area contributed by atoms with Gasteiger partial charge in [-0.15, -0.1) is 0 Å². The van der Waals surface area contributed by atoms with Gasteiger partial charge >= 0.3 is 0 Å². The molecular formula is C8H9N2. The Hall–Kier alpha value is -0.890. The van der Waals surface area contributed by atoms with E-state index >= 15 is 0 Å². The summed E-state index contributed by atoms with van der Waals surface area (Å²) in [7, 11) is 0. The van der Waals surface area contributed by atoms with Crippen LogP contribution >= 0.6 is 0 Å². The van der Waals surface area contributed by atoms with Crippen LogP contribution in [0.25, 0.3) is 0 Å². The average Bonchev–Trinajstić information content (AvgIpc) is 2.05. The first kappa shape index (κ1) is 5.86. The van der Waals surface area contributed by atoms with Crippen LogP contribution in [0.5, 0.6) is 0 Å². The van der Waals surface area contributed by atoms with Crippen molar-refractivity contribution in [2.24, 2.45) is 4.99 Å². The molecule has 0 aromatic heterocycles. The highest BCUT2D eigenvalue weighted by atomic mass is 15.0. The predicted octanol–water partition coefficient (Wildman–Crippen LogP) is 0.888. The van der Waals surface area contributed by atoms with E-state index in [1.807, 2.05) is 6.21 Å². The van der Waals surface area contributed by atoms with Crippen molar-refractivity contribution in [2.75, 3.05) is 6.67 Å². The molecule has 1 unspecified atom stereocenters. The molecule has 0 saturated carbocycles. The highest BCUT2D eigenvalue weighted by Crippen LogP contribution is 2.13. The largest absolute Gasteiger partial charge is 0.276 e. The fraction of sp³-hybridized carbons (Fsp3) is 0.375. The molecule has 2 nitrogen and oxygen atoms in total. The maximum absolute atomic E-state index is 4.30. The van der Waals surface area contributed by atoms with Crippen molar-refractivity contribution in [3.63, 3.8) is 0 Å². The molecule has 2 rings (SSSR count). The Kier molecular flexibility index (Phi) is 1.40. The second kappa shape index (κ2) is 2.39. The predicted molar refractivity (Wildman–Crippen MR) is 41.1 cm³/mol. The topological polar surface area (TPSA) is 26.5 Å². The molecule has 1 aliphatic carbocycles. The molecule has 51 valence electrons. The van der Waals surface area contributed by atoms with Gasteiger partial charge in [0.2, 0.25) is 0 Å². The first-order chi connectivity index (χ1) is 4.97. The molecule has 0 amide bonds. The van der Waals surface area contributed by atoms with Crippen LogP contribution < -0.4 is 5.32 Å². The van der Waals surface area contributed by atoms with E-state index in [9.17, 15) is 0 Å². The number of allylic oxidation sites excluding steroid dienone is 2. The van der Waals surface area contributed by atoms with Gasteiger partial charge < -0.3 is 0 Å². The summed E-state index contributed by atoms with van der Waals surface area (Å²) in [5.74, 6) is 0. The van der Waals surface area contributed by atoms with Gasteiger partial charge in [-0.3, -0.25) is 4.99 Å². The molecular weight excluding hydrogens is 124 g/mol. The van der Waals surface area contributed by atoms with Gasteiger partial charge in [-0.2, -0.15) is 0 Å². The Bertz CT molecular complexity index is 213. The molecule has 1 aliphatic heterocycles. The molecule has 1 heterocycles. The smallest absolute Gasteiger partial charge is 0.105 e. The van der Waals surface area contributed by atoms with Crippen molar-refractivity contribution in [2.45, 2.75) is 12.5 Å². The quantitative estimate of drug-likeness (QED) is 0.439. The Balaban J connectivity index is 2.26. The molecule has 0 N–H and O–H groups in total. The van der Waals surface area contributed by atoms with Crippen molar-refractivity contribution in [1.82, 2.24) is 5.32 Å². The van der Waals surface area contributed by atoms with Crippen molar-refractivity contribution in [3.05, 3.63) is 23.8 Å². The first-order valence-corrected chi connectivity index (χ1v) is 3.50. The van der Waals surface area contributed by atoms with Gasteiger partial charge in [-0.25, -0.2) is 5.32 Å². The van der Waals surface area contributed by atoms with E-state index in [0.29, 0.717) is 12.7 Å². The van der Waals surface area contributed by atoms with E-state index in [1.54, 1.807) is 0 Å². The third-order valence-corrected chi connectivity index (χ3v) is 1.75. The molecule has 1 radical (unpaired) electrons. The maximum Gasteiger partial charge on any atom is 0.105 e. The van der Waals surface area contributed by atoms with Gasteiger partial charge in [0.15, 0.2) is 0 Å². The summed E-state index contributed by atoms with van der Waals surface area (Å²) in [5, 5.41) is 4.30. The molecule has 0 saturated heterocycles. The summed E-state index contributed by atoms with van der Waals surface area (Å²) >= 11 is 0. The van der Waals surface area contributed by atoms with Gasteiger partial charge in [-0.05, 0) is 12.0 Å². The summed E-state index contributed by atoms with van der Waals surface area (Å²) in [6, 6.07) is 0.311. The number of hydrogen-bond acceptors (Lipinski definition) is 1. The Morgan fingerprint density at radius 2 is 2.50 bits per heavy atom. The summed E-state index contributed by atoms with van der Waals surface area (Å²) in [4.78, 5) is 4.07. The zero-order chi connectivity index (χ0) is 6.81. The van der Waals surface area contributed by atoms with E-state index < -0.39 is 0 Å². The van der Waals surface area contributed by atoms with Crippen molar-refractivity contribution >= 4 is 6.21 Å². The van der Waals surface area contributed by atoms with Crippen LogP contribution in [0.2, 0.25) is 0 Å². The molecule has 2 heteroatoms. The van der Waals surface area contributed by atoms with Crippen LogP contribution in [-0.4, -0.2) is 18.9 Å². The van der Waals surface area contributed by atoms with Gasteiger partial charge in [0.05, 0.1) is 6.04 Å². The monoisotopic (exact) mass is 133 g/mol. The number of aliphatic imine (C=N–C) groups is 1. The molecule has 0 bridgehead atoms. The highest BCUT2D eigenvalue weighted by molar-refractivity contribution is 5.82. The van der Waals surface area contributed by atoms with Crippen LogP contribution in [-0.2, 0) is 0 Å². The molecule has 2 aliphatic rings. The van der Waals surface area contributed by atoms with E-state index in [0.717, 1.165) is 6.42 Å². The minimum Gasteiger partial charge on any atom is -0.276 e. The van der Waals surface area contributed by atoms with Gasteiger partial charge in [0, 0.05) is 6.21 Å². The zero-order valence-electron chi connectivity index (χ0n) is 5.70. The van der Waals surface area contributed by atoms with Crippen molar-refractivity contribution in [3.8, 4) is 0 Å². The van der Waals surface area contributed by atoms with Crippen LogP contribution in [0.15, 0.2) is 28.8 Å². The number of rotatable bonds is 0. The Morgan fingerprint density at radius 3 is 3.40 bits per heavy atom. The van der Waals surface area contributed by atoms with Gasteiger partial charge in [0.1, 0.15) is 6.67 Å². The van der Waals surface area contributed by atoms with Gasteiger partial charge in [0.25, 0.3) is 0 Å². The van der Waals surface area contributed by atoms with E-state index in [2.05, 4.69) is 28.5 Å². The molecule has 0 spiro atoms. The van der Waals surface area contributed by atoms with Crippen LogP contribution in [0.3, 0.4) is 0 Å². The lowest BCUT2D eigenvalue weighted by Gasteiger charge is -2.19. The number of fused-ring (bicyclic) bond motifs is 1. The van der Waals surface area contributed by atoms with E-state index in [1.165, 1.54) is 5.57 Å². The number of hydrogen-bond donors (Lipinski definition) is 0. The third kappa shape index (κ3) is 0.907. The fourth-order valence-corrected chi connectivity index (χ4v) is 1.22. The van der Waals surface area contributed by atoms with Crippen molar-refractivity contribution < 1.29 is 0 Å². The Morgan fingerprint density at radius 1 is 1.50 bits per heavy atom. The maximum atomic E-state index is 4.30.